The Morgan fingerprint density at radius 2 is 2.12 bits per heavy atom. The highest BCUT2D eigenvalue weighted by atomic mass is 16.1. The van der Waals surface area contributed by atoms with E-state index in [1.165, 1.54) is 12.8 Å². The number of aromatic nitrogens is 1. The van der Waals surface area contributed by atoms with Crippen molar-refractivity contribution in [1.29, 1.82) is 0 Å². The molecule has 82 valence electrons. The van der Waals surface area contributed by atoms with Gasteiger partial charge in [0.25, 0.3) is 0 Å². The Labute approximate surface area is 93.5 Å². The number of aromatic amines is 1. The van der Waals surface area contributed by atoms with Crippen LogP contribution in [-0.2, 0) is 6.54 Å². The summed E-state index contributed by atoms with van der Waals surface area (Å²) in [4.78, 5) is 14.3. The van der Waals surface area contributed by atoms with Gasteiger partial charge in [-0.1, -0.05) is 18.2 Å². The molecule has 0 amide bonds. The molecule has 0 spiro atoms. The molecule has 0 radical (unpaired) electrons. The lowest BCUT2D eigenvalue weighted by Gasteiger charge is -2.06. The van der Waals surface area contributed by atoms with Crippen LogP contribution in [0.25, 0.3) is 10.9 Å². The van der Waals surface area contributed by atoms with Crippen molar-refractivity contribution >= 4 is 10.9 Å². The Balaban J connectivity index is 2.02. The normalized spacial score (nSPS) is 15.5. The summed E-state index contributed by atoms with van der Waals surface area (Å²) in [6.07, 6.45) is 2.53. The third-order valence-corrected chi connectivity index (χ3v) is 2.99. The maximum atomic E-state index is 11.5. The summed E-state index contributed by atoms with van der Waals surface area (Å²) in [5, 5.41) is 4.57. The second-order valence-electron chi connectivity index (χ2n) is 4.36. The van der Waals surface area contributed by atoms with E-state index in [-0.39, 0.29) is 5.56 Å². The first-order chi connectivity index (χ1) is 7.83. The molecule has 0 unspecified atom stereocenters. The van der Waals surface area contributed by atoms with Crippen LogP contribution in [0.2, 0.25) is 0 Å². The number of benzene rings is 1. The molecule has 1 heterocycles. The number of hydrogen-bond acceptors (Lipinski definition) is 2. The molecular weight excluding hydrogens is 200 g/mol. The Hall–Kier alpha value is -1.61. The topological polar surface area (TPSA) is 44.9 Å². The van der Waals surface area contributed by atoms with Crippen molar-refractivity contribution in [2.24, 2.45) is 0 Å². The zero-order valence-corrected chi connectivity index (χ0v) is 8.99. The zero-order valence-electron chi connectivity index (χ0n) is 8.99. The Kier molecular flexibility index (Phi) is 2.26. The van der Waals surface area contributed by atoms with Gasteiger partial charge in [-0.2, -0.15) is 0 Å². The summed E-state index contributed by atoms with van der Waals surface area (Å²) in [5.41, 5.74) is 1.99. The Morgan fingerprint density at radius 1 is 1.31 bits per heavy atom. The lowest BCUT2D eigenvalue weighted by atomic mass is 10.1. The van der Waals surface area contributed by atoms with Crippen molar-refractivity contribution in [2.45, 2.75) is 25.4 Å². The van der Waals surface area contributed by atoms with Crippen molar-refractivity contribution in [1.82, 2.24) is 10.3 Å². The number of rotatable bonds is 3. The molecule has 1 fully saturated rings. The standard InChI is InChI=1S/C13H14N2O/c16-13-7-9(8-14-10-5-6-10)11-3-1-2-4-12(11)15-13/h1-4,7,10,14H,5-6,8H2,(H,15,16). The van der Waals surface area contributed by atoms with E-state index >= 15 is 0 Å². The van der Waals surface area contributed by atoms with Gasteiger partial charge in [0, 0.05) is 29.6 Å². The van der Waals surface area contributed by atoms with Gasteiger partial charge in [0.2, 0.25) is 5.56 Å². The molecule has 1 aliphatic rings. The summed E-state index contributed by atoms with van der Waals surface area (Å²) in [5.74, 6) is 0. The minimum Gasteiger partial charge on any atom is -0.322 e. The highest BCUT2D eigenvalue weighted by Gasteiger charge is 2.20. The maximum absolute atomic E-state index is 11.5. The third kappa shape index (κ3) is 1.86. The number of hydrogen-bond donors (Lipinski definition) is 2. The van der Waals surface area contributed by atoms with Crippen molar-refractivity contribution in [3.05, 3.63) is 46.2 Å². The summed E-state index contributed by atoms with van der Waals surface area (Å²) in [6, 6.07) is 10.3. The number of H-pyrrole nitrogens is 1. The van der Waals surface area contributed by atoms with E-state index in [1.807, 2.05) is 18.2 Å². The fourth-order valence-electron chi connectivity index (χ4n) is 1.96. The molecule has 16 heavy (non-hydrogen) atoms. The average Bonchev–Trinajstić information content (AvgIpc) is 3.09. The van der Waals surface area contributed by atoms with Crippen LogP contribution >= 0.6 is 0 Å². The van der Waals surface area contributed by atoms with Crippen LogP contribution in [0.15, 0.2) is 35.1 Å². The van der Waals surface area contributed by atoms with E-state index in [1.54, 1.807) is 6.07 Å². The molecule has 1 aromatic heterocycles. The Bertz CT molecular complexity index is 569. The maximum Gasteiger partial charge on any atom is 0.248 e. The first-order valence-electron chi connectivity index (χ1n) is 5.67. The van der Waals surface area contributed by atoms with Crippen LogP contribution < -0.4 is 10.9 Å². The average molecular weight is 214 g/mol. The van der Waals surface area contributed by atoms with Gasteiger partial charge in [-0.15, -0.1) is 0 Å². The van der Waals surface area contributed by atoms with Crippen LogP contribution in [0.3, 0.4) is 0 Å². The van der Waals surface area contributed by atoms with E-state index in [9.17, 15) is 4.79 Å². The van der Waals surface area contributed by atoms with E-state index in [4.69, 9.17) is 0 Å². The SMILES string of the molecule is O=c1cc(CNC2CC2)c2ccccc2[nH]1. The molecule has 0 bridgehead atoms. The zero-order chi connectivity index (χ0) is 11.0. The van der Waals surface area contributed by atoms with Crippen LogP contribution in [0, 0.1) is 0 Å². The smallest absolute Gasteiger partial charge is 0.248 e. The van der Waals surface area contributed by atoms with Crippen molar-refractivity contribution in [3.8, 4) is 0 Å². The minimum atomic E-state index is -0.0219. The van der Waals surface area contributed by atoms with Crippen LogP contribution in [0.5, 0.6) is 0 Å². The monoisotopic (exact) mass is 214 g/mol. The summed E-state index contributed by atoms with van der Waals surface area (Å²) in [7, 11) is 0. The van der Waals surface area contributed by atoms with E-state index in [2.05, 4.69) is 16.4 Å². The van der Waals surface area contributed by atoms with Gasteiger partial charge in [-0.05, 0) is 24.5 Å². The van der Waals surface area contributed by atoms with Crippen LogP contribution in [0.4, 0.5) is 0 Å². The quantitative estimate of drug-likeness (QED) is 0.818. The second-order valence-corrected chi connectivity index (χ2v) is 4.36. The lowest BCUT2D eigenvalue weighted by molar-refractivity contribution is 0.690. The van der Waals surface area contributed by atoms with E-state index < -0.39 is 0 Å². The highest BCUT2D eigenvalue weighted by molar-refractivity contribution is 5.81. The molecule has 1 aromatic carbocycles. The van der Waals surface area contributed by atoms with Crippen molar-refractivity contribution in [3.63, 3.8) is 0 Å². The van der Waals surface area contributed by atoms with Gasteiger partial charge in [-0.25, -0.2) is 0 Å². The van der Waals surface area contributed by atoms with Crippen LogP contribution in [0.1, 0.15) is 18.4 Å². The molecule has 1 aliphatic carbocycles. The molecule has 2 aromatic rings. The number of para-hydroxylation sites is 1. The van der Waals surface area contributed by atoms with Gasteiger partial charge in [0.05, 0.1) is 0 Å². The van der Waals surface area contributed by atoms with Gasteiger partial charge in [0.15, 0.2) is 0 Å². The number of fused-ring (bicyclic) bond motifs is 1. The molecule has 3 heteroatoms. The number of pyridine rings is 1. The lowest BCUT2D eigenvalue weighted by Crippen LogP contribution is -2.17. The number of nitrogens with one attached hydrogen (secondary N) is 2. The highest BCUT2D eigenvalue weighted by Crippen LogP contribution is 2.20. The summed E-state index contributed by atoms with van der Waals surface area (Å²) in [6.45, 7) is 0.787. The van der Waals surface area contributed by atoms with Crippen molar-refractivity contribution < 1.29 is 0 Å². The summed E-state index contributed by atoms with van der Waals surface area (Å²) >= 11 is 0. The fourth-order valence-corrected chi connectivity index (χ4v) is 1.96. The first kappa shape index (κ1) is 9.60. The molecule has 0 aliphatic heterocycles. The molecule has 0 saturated heterocycles. The van der Waals surface area contributed by atoms with Crippen molar-refractivity contribution in [2.75, 3.05) is 0 Å². The van der Waals surface area contributed by atoms with Gasteiger partial charge >= 0.3 is 0 Å². The first-order valence-corrected chi connectivity index (χ1v) is 5.67. The molecule has 3 nitrogen and oxygen atoms in total. The third-order valence-electron chi connectivity index (χ3n) is 2.99. The van der Waals surface area contributed by atoms with Gasteiger partial charge < -0.3 is 10.3 Å². The summed E-state index contributed by atoms with van der Waals surface area (Å²) < 4.78 is 0. The Morgan fingerprint density at radius 3 is 2.94 bits per heavy atom. The van der Waals surface area contributed by atoms with E-state index in [0.29, 0.717) is 6.04 Å². The second kappa shape index (κ2) is 3.76. The molecule has 3 rings (SSSR count). The van der Waals surface area contributed by atoms with Gasteiger partial charge in [0.1, 0.15) is 0 Å². The largest absolute Gasteiger partial charge is 0.322 e. The predicted octanol–water partition coefficient (Wildman–Crippen LogP) is 1.78. The van der Waals surface area contributed by atoms with Crippen LogP contribution in [-0.4, -0.2) is 11.0 Å². The molecule has 1 saturated carbocycles. The minimum absolute atomic E-state index is 0.0219. The molecule has 2 N–H and O–H groups in total. The fraction of sp³-hybridized carbons (Fsp3) is 0.308. The molecule has 0 atom stereocenters. The molecular formula is C13H14N2O. The predicted molar refractivity (Wildman–Crippen MR) is 64.4 cm³/mol. The van der Waals surface area contributed by atoms with Gasteiger partial charge in [-0.3, -0.25) is 4.79 Å². The van der Waals surface area contributed by atoms with E-state index in [0.717, 1.165) is 23.0 Å².